The Morgan fingerprint density at radius 2 is 1.81 bits per heavy atom. The average Bonchev–Trinajstić information content (AvgIpc) is 2.94. The fourth-order valence-corrected chi connectivity index (χ4v) is 5.19. The summed E-state index contributed by atoms with van der Waals surface area (Å²) in [5, 5.41) is 11.6. The monoisotopic (exact) mass is 454 g/mol. The zero-order valence-electron chi connectivity index (χ0n) is 16.8. The van der Waals surface area contributed by atoms with E-state index in [0.717, 1.165) is 52.7 Å². The van der Waals surface area contributed by atoms with E-state index in [2.05, 4.69) is 11.4 Å². The maximum absolute atomic E-state index is 13.3. The number of hydrogen-bond donors (Lipinski definition) is 2. The summed E-state index contributed by atoms with van der Waals surface area (Å²) in [6, 6.07) is 11.5. The first-order valence-electron chi connectivity index (χ1n) is 9.38. The summed E-state index contributed by atoms with van der Waals surface area (Å²) in [4.78, 5) is 9.28. The molecular formula is C21H21F3N2O4S. The predicted molar refractivity (Wildman–Crippen MR) is 110 cm³/mol. The Hall–Kier alpha value is -2.85. The molecule has 2 aromatic carbocycles. The van der Waals surface area contributed by atoms with Crippen LogP contribution >= 0.6 is 0 Å². The Kier molecular flexibility index (Phi) is 6.15. The lowest BCUT2D eigenvalue weighted by Gasteiger charge is -2.12. The summed E-state index contributed by atoms with van der Waals surface area (Å²) in [7, 11) is -3.61. The minimum absolute atomic E-state index is 0.381. The molecule has 166 valence electrons. The van der Waals surface area contributed by atoms with Crippen molar-refractivity contribution >= 4 is 26.9 Å². The van der Waals surface area contributed by atoms with Crippen LogP contribution in [0.5, 0.6) is 0 Å². The van der Waals surface area contributed by atoms with E-state index < -0.39 is 22.2 Å². The number of alkyl halides is 3. The van der Waals surface area contributed by atoms with Gasteiger partial charge in [0.2, 0.25) is 0 Å². The Labute approximate surface area is 177 Å². The smallest absolute Gasteiger partial charge is 0.475 e. The van der Waals surface area contributed by atoms with Gasteiger partial charge < -0.3 is 10.4 Å². The van der Waals surface area contributed by atoms with Gasteiger partial charge in [0, 0.05) is 18.1 Å². The minimum atomic E-state index is -5.08. The van der Waals surface area contributed by atoms with E-state index >= 15 is 0 Å². The molecule has 0 spiro atoms. The van der Waals surface area contributed by atoms with E-state index in [1.54, 1.807) is 12.3 Å². The minimum Gasteiger partial charge on any atom is -0.475 e. The van der Waals surface area contributed by atoms with Crippen LogP contribution in [0.4, 0.5) is 13.2 Å². The van der Waals surface area contributed by atoms with Gasteiger partial charge in [-0.15, -0.1) is 0 Å². The van der Waals surface area contributed by atoms with Crippen LogP contribution in [-0.2, 0) is 27.8 Å². The number of carbonyl (C=O) groups is 1. The molecule has 6 nitrogen and oxygen atoms in total. The summed E-state index contributed by atoms with van der Waals surface area (Å²) in [5.74, 6) is -2.76. The van der Waals surface area contributed by atoms with E-state index in [-0.39, 0.29) is 0 Å². The molecule has 4 rings (SSSR count). The van der Waals surface area contributed by atoms with Gasteiger partial charge >= 0.3 is 12.1 Å². The third kappa shape index (κ3) is 4.59. The Morgan fingerprint density at radius 1 is 1.13 bits per heavy atom. The second-order valence-corrected chi connectivity index (χ2v) is 9.05. The fourth-order valence-electron chi connectivity index (χ4n) is 3.49. The van der Waals surface area contributed by atoms with Gasteiger partial charge in [0.25, 0.3) is 10.0 Å². The summed E-state index contributed by atoms with van der Waals surface area (Å²) in [5.41, 5.74) is 4.75. The van der Waals surface area contributed by atoms with Crippen LogP contribution in [0.25, 0.3) is 10.9 Å². The molecule has 0 bridgehead atoms. The molecule has 0 amide bonds. The van der Waals surface area contributed by atoms with E-state index in [9.17, 15) is 21.6 Å². The Morgan fingerprint density at radius 3 is 2.45 bits per heavy atom. The van der Waals surface area contributed by atoms with Crippen molar-refractivity contribution in [1.82, 2.24) is 9.29 Å². The van der Waals surface area contributed by atoms with Crippen molar-refractivity contribution in [1.29, 1.82) is 0 Å². The number of nitrogens with zero attached hydrogens (tertiary/aromatic N) is 1. The van der Waals surface area contributed by atoms with Crippen molar-refractivity contribution in [3.63, 3.8) is 0 Å². The van der Waals surface area contributed by atoms with Crippen LogP contribution in [0.3, 0.4) is 0 Å². The highest BCUT2D eigenvalue weighted by molar-refractivity contribution is 7.90. The van der Waals surface area contributed by atoms with Gasteiger partial charge in [0.1, 0.15) is 0 Å². The summed E-state index contributed by atoms with van der Waals surface area (Å²) >= 11 is 0. The van der Waals surface area contributed by atoms with Crippen molar-refractivity contribution in [3.05, 3.63) is 64.8 Å². The van der Waals surface area contributed by atoms with Gasteiger partial charge in [-0.2, -0.15) is 13.2 Å². The number of benzene rings is 2. The SMILES string of the molecule is Cc1ccc(C)c(S(=O)(=O)n2cc3c4c(cccc42)CNCC3)c1.O=C(O)C(F)(F)F. The van der Waals surface area contributed by atoms with Crippen molar-refractivity contribution in [2.45, 2.75) is 37.9 Å². The van der Waals surface area contributed by atoms with Gasteiger partial charge in [-0.05, 0) is 61.2 Å². The van der Waals surface area contributed by atoms with E-state index in [4.69, 9.17) is 9.90 Å². The first-order valence-corrected chi connectivity index (χ1v) is 10.8. The molecule has 0 saturated heterocycles. The van der Waals surface area contributed by atoms with Crippen LogP contribution in [0.15, 0.2) is 47.5 Å². The second-order valence-electron chi connectivity index (χ2n) is 7.27. The Balaban J connectivity index is 0.000000339. The number of aromatic nitrogens is 1. The molecule has 2 N–H and O–H groups in total. The topological polar surface area (TPSA) is 88.4 Å². The summed E-state index contributed by atoms with van der Waals surface area (Å²) in [6.45, 7) is 5.40. The van der Waals surface area contributed by atoms with Gasteiger partial charge in [0.05, 0.1) is 10.4 Å². The molecule has 31 heavy (non-hydrogen) atoms. The molecule has 10 heteroatoms. The number of carboxylic acids is 1. The maximum atomic E-state index is 13.3. The number of rotatable bonds is 2. The normalized spacial score (nSPS) is 14.0. The van der Waals surface area contributed by atoms with E-state index in [1.807, 2.05) is 38.1 Å². The zero-order chi connectivity index (χ0) is 23.0. The number of hydrogen-bond acceptors (Lipinski definition) is 4. The molecular weight excluding hydrogens is 433 g/mol. The van der Waals surface area contributed by atoms with Crippen molar-refractivity contribution in [2.75, 3.05) is 6.54 Å². The lowest BCUT2D eigenvalue weighted by molar-refractivity contribution is -0.192. The number of carboxylic acid groups (broad SMARTS) is 1. The van der Waals surface area contributed by atoms with Crippen LogP contribution in [0, 0.1) is 13.8 Å². The molecule has 2 heterocycles. The van der Waals surface area contributed by atoms with Gasteiger partial charge in [-0.25, -0.2) is 17.2 Å². The summed E-state index contributed by atoms with van der Waals surface area (Å²) < 4.78 is 59.8. The van der Waals surface area contributed by atoms with Crippen molar-refractivity contribution in [3.8, 4) is 0 Å². The van der Waals surface area contributed by atoms with Crippen LogP contribution in [0.2, 0.25) is 0 Å². The molecule has 0 radical (unpaired) electrons. The lowest BCUT2D eigenvalue weighted by atomic mass is 10.1. The number of nitrogens with one attached hydrogen (secondary N) is 1. The molecule has 0 atom stereocenters. The van der Waals surface area contributed by atoms with E-state index in [1.165, 1.54) is 3.97 Å². The maximum Gasteiger partial charge on any atom is 0.490 e. The van der Waals surface area contributed by atoms with Gasteiger partial charge in [-0.3, -0.25) is 0 Å². The first-order chi connectivity index (χ1) is 14.4. The highest BCUT2D eigenvalue weighted by Gasteiger charge is 2.38. The molecule has 1 aliphatic heterocycles. The third-order valence-electron chi connectivity index (χ3n) is 4.97. The quantitative estimate of drug-likeness (QED) is 0.616. The van der Waals surface area contributed by atoms with Gasteiger partial charge in [-0.1, -0.05) is 24.3 Å². The molecule has 0 saturated carbocycles. The zero-order valence-corrected chi connectivity index (χ0v) is 17.6. The highest BCUT2D eigenvalue weighted by Crippen LogP contribution is 2.31. The van der Waals surface area contributed by atoms with Crippen molar-refractivity contribution < 1.29 is 31.5 Å². The highest BCUT2D eigenvalue weighted by atomic mass is 32.2. The molecule has 0 fully saturated rings. The first kappa shape index (κ1) is 22.8. The molecule has 1 aromatic heterocycles. The van der Waals surface area contributed by atoms with Crippen LogP contribution in [-0.4, -0.2) is 36.2 Å². The fraction of sp³-hybridized carbons (Fsp3) is 0.286. The van der Waals surface area contributed by atoms with Crippen molar-refractivity contribution in [2.24, 2.45) is 0 Å². The van der Waals surface area contributed by atoms with E-state index in [0.29, 0.717) is 4.90 Å². The number of aliphatic carboxylic acids is 1. The average molecular weight is 454 g/mol. The second kappa shape index (κ2) is 8.35. The number of halogens is 3. The Bertz CT molecular complexity index is 1250. The third-order valence-corrected chi connectivity index (χ3v) is 6.79. The molecule has 0 unspecified atom stereocenters. The van der Waals surface area contributed by atoms with Crippen LogP contribution < -0.4 is 5.32 Å². The van der Waals surface area contributed by atoms with Gasteiger partial charge in [0.15, 0.2) is 0 Å². The molecule has 1 aliphatic rings. The largest absolute Gasteiger partial charge is 0.490 e. The molecule has 3 aromatic rings. The lowest BCUT2D eigenvalue weighted by Crippen LogP contribution is -2.21. The standard InChI is InChI=1S/C19H20N2O2S.C2HF3O2/c1-13-6-7-14(2)18(10-13)24(22,23)21-12-16-8-9-20-11-15-4-3-5-17(21)19(15)16;3-2(4,5)1(6)7/h3-7,10,12,20H,8-9,11H2,1-2H3;(H,6,7). The predicted octanol–water partition coefficient (Wildman–Crippen LogP) is 3.77. The number of aryl methyl sites for hydroxylation is 2. The molecule has 0 aliphatic carbocycles. The summed E-state index contributed by atoms with van der Waals surface area (Å²) in [6.07, 6.45) is -2.44. The van der Waals surface area contributed by atoms with Crippen LogP contribution in [0.1, 0.15) is 22.3 Å².